The Labute approximate surface area is 184 Å². The molecule has 0 spiro atoms. The summed E-state index contributed by atoms with van der Waals surface area (Å²) in [6.45, 7) is 1.06. The fourth-order valence-corrected chi connectivity index (χ4v) is 6.13. The van der Waals surface area contributed by atoms with Gasteiger partial charge in [-0.3, -0.25) is 4.72 Å². The van der Waals surface area contributed by atoms with Crippen molar-refractivity contribution in [3.8, 4) is 11.5 Å². The van der Waals surface area contributed by atoms with Crippen molar-refractivity contribution < 1.29 is 31.0 Å². The highest BCUT2D eigenvalue weighted by molar-refractivity contribution is 9.10. The number of morpholine rings is 1. The number of sulfonamides is 2. The van der Waals surface area contributed by atoms with Gasteiger partial charge in [0.05, 0.1) is 38.0 Å². The lowest BCUT2D eigenvalue weighted by Gasteiger charge is -2.26. The molecule has 0 aliphatic carbocycles. The average Bonchev–Trinajstić information content (AvgIpc) is 2.74. The van der Waals surface area contributed by atoms with Crippen LogP contribution in [0.1, 0.15) is 0 Å². The van der Waals surface area contributed by atoms with Gasteiger partial charge in [0.1, 0.15) is 16.4 Å². The van der Waals surface area contributed by atoms with E-state index in [9.17, 15) is 16.8 Å². The van der Waals surface area contributed by atoms with Crippen LogP contribution in [0.5, 0.6) is 11.5 Å². The van der Waals surface area contributed by atoms with E-state index in [0.29, 0.717) is 17.7 Å². The van der Waals surface area contributed by atoms with Crippen LogP contribution < -0.4 is 14.2 Å². The Hall–Kier alpha value is -1.86. The largest absolute Gasteiger partial charge is 0.495 e. The topological polar surface area (TPSA) is 111 Å². The maximum Gasteiger partial charge on any atom is 0.265 e. The van der Waals surface area contributed by atoms with Crippen molar-refractivity contribution in [1.29, 1.82) is 0 Å². The first-order chi connectivity index (χ1) is 14.2. The summed E-state index contributed by atoms with van der Waals surface area (Å²) in [7, 11) is -5.21. The first-order valence-electron chi connectivity index (χ1n) is 8.81. The van der Waals surface area contributed by atoms with Crippen LogP contribution in [-0.4, -0.2) is 61.7 Å². The predicted molar refractivity (Wildman–Crippen MR) is 114 cm³/mol. The molecular weight excluding hydrogens is 500 g/mol. The Kier molecular flexibility index (Phi) is 6.92. The highest BCUT2D eigenvalue weighted by atomic mass is 79.9. The highest BCUT2D eigenvalue weighted by Crippen LogP contribution is 2.34. The van der Waals surface area contributed by atoms with Gasteiger partial charge in [0.25, 0.3) is 10.0 Å². The lowest BCUT2D eigenvalue weighted by Crippen LogP contribution is -2.40. The first-order valence-corrected chi connectivity index (χ1v) is 12.5. The quantitative estimate of drug-likeness (QED) is 0.595. The van der Waals surface area contributed by atoms with E-state index in [1.54, 1.807) is 6.07 Å². The van der Waals surface area contributed by atoms with Crippen molar-refractivity contribution in [3.63, 3.8) is 0 Å². The number of hydrogen-bond donors (Lipinski definition) is 1. The molecule has 1 fully saturated rings. The Morgan fingerprint density at radius 2 is 1.60 bits per heavy atom. The van der Waals surface area contributed by atoms with Crippen LogP contribution in [0, 0.1) is 0 Å². The van der Waals surface area contributed by atoms with Crippen molar-refractivity contribution in [2.75, 3.05) is 45.2 Å². The number of methoxy groups -OCH3 is 2. The summed E-state index contributed by atoms with van der Waals surface area (Å²) in [5.41, 5.74) is -0.00568. The molecule has 0 radical (unpaired) electrons. The maximum absolute atomic E-state index is 13.0. The van der Waals surface area contributed by atoms with Crippen molar-refractivity contribution in [3.05, 3.63) is 40.9 Å². The van der Waals surface area contributed by atoms with E-state index in [1.165, 1.54) is 48.9 Å². The second-order valence-electron chi connectivity index (χ2n) is 6.28. The summed E-state index contributed by atoms with van der Waals surface area (Å²) in [5, 5.41) is 0. The van der Waals surface area contributed by atoms with E-state index in [-0.39, 0.29) is 40.1 Å². The van der Waals surface area contributed by atoms with Gasteiger partial charge in [0.15, 0.2) is 0 Å². The monoisotopic (exact) mass is 520 g/mol. The number of anilines is 1. The number of nitrogens with zero attached hydrogens (tertiary/aromatic N) is 1. The number of rotatable bonds is 7. The van der Waals surface area contributed by atoms with Gasteiger partial charge in [0.2, 0.25) is 10.0 Å². The molecule has 12 heteroatoms. The molecule has 1 N–H and O–H groups in total. The molecule has 30 heavy (non-hydrogen) atoms. The van der Waals surface area contributed by atoms with Crippen LogP contribution in [0.15, 0.2) is 50.7 Å². The predicted octanol–water partition coefficient (Wildman–Crippen LogP) is 2.29. The van der Waals surface area contributed by atoms with Gasteiger partial charge in [-0.05, 0) is 36.4 Å². The minimum atomic E-state index is -4.11. The second-order valence-corrected chi connectivity index (χ2v) is 10.8. The van der Waals surface area contributed by atoms with E-state index in [4.69, 9.17) is 14.2 Å². The molecule has 1 aliphatic rings. The van der Waals surface area contributed by atoms with Gasteiger partial charge in [-0.1, -0.05) is 15.9 Å². The minimum absolute atomic E-state index is 0.00568. The van der Waals surface area contributed by atoms with Crippen LogP contribution in [0.3, 0.4) is 0 Å². The van der Waals surface area contributed by atoms with Crippen molar-refractivity contribution in [1.82, 2.24) is 4.31 Å². The average molecular weight is 521 g/mol. The summed E-state index contributed by atoms with van der Waals surface area (Å²) in [5.74, 6) is 0.315. The van der Waals surface area contributed by atoms with Gasteiger partial charge >= 0.3 is 0 Å². The van der Waals surface area contributed by atoms with E-state index >= 15 is 0 Å². The molecule has 0 saturated carbocycles. The third-order valence-electron chi connectivity index (χ3n) is 4.44. The molecule has 9 nitrogen and oxygen atoms in total. The summed E-state index contributed by atoms with van der Waals surface area (Å²) in [6, 6.07) is 8.57. The van der Waals surface area contributed by atoms with Crippen molar-refractivity contribution in [2.45, 2.75) is 9.79 Å². The number of halogens is 1. The molecule has 1 heterocycles. The Morgan fingerprint density at radius 3 is 2.23 bits per heavy atom. The van der Waals surface area contributed by atoms with Gasteiger partial charge in [-0.25, -0.2) is 16.8 Å². The normalized spacial score (nSPS) is 15.6. The first kappa shape index (κ1) is 22.8. The molecule has 2 aromatic carbocycles. The third kappa shape index (κ3) is 4.72. The SMILES string of the molecule is COc1ccc(S(=O)(=O)N2CCOCC2)cc1NS(=O)(=O)c1cc(Br)ccc1OC. The van der Waals surface area contributed by atoms with E-state index in [1.807, 2.05) is 0 Å². The zero-order valence-corrected chi connectivity index (χ0v) is 19.5. The fourth-order valence-electron chi connectivity index (χ4n) is 2.92. The standard InChI is InChI=1S/C18H21BrN2O7S2/c1-26-16-6-4-14(30(24,25)21-7-9-28-10-8-21)12-15(16)20-29(22,23)18-11-13(19)3-5-17(18)27-2/h3-6,11-12,20H,7-10H2,1-2H3. The smallest absolute Gasteiger partial charge is 0.265 e. The molecule has 3 rings (SSSR count). The summed E-state index contributed by atoms with van der Waals surface area (Å²) >= 11 is 3.25. The molecule has 164 valence electrons. The molecule has 0 aromatic heterocycles. The summed E-state index contributed by atoms with van der Waals surface area (Å²) in [6.07, 6.45) is 0. The molecule has 0 bridgehead atoms. The number of hydrogen-bond acceptors (Lipinski definition) is 7. The van der Waals surface area contributed by atoms with Crippen LogP contribution >= 0.6 is 15.9 Å². The van der Waals surface area contributed by atoms with Crippen molar-refractivity contribution >= 4 is 41.7 Å². The van der Waals surface area contributed by atoms with Gasteiger partial charge in [-0.15, -0.1) is 0 Å². The minimum Gasteiger partial charge on any atom is -0.495 e. The molecule has 0 atom stereocenters. The lowest BCUT2D eigenvalue weighted by molar-refractivity contribution is 0.0730. The zero-order valence-electron chi connectivity index (χ0n) is 16.3. The number of benzene rings is 2. The Morgan fingerprint density at radius 1 is 0.967 bits per heavy atom. The van der Waals surface area contributed by atoms with Crippen LogP contribution in [0.25, 0.3) is 0 Å². The number of ether oxygens (including phenoxy) is 3. The van der Waals surface area contributed by atoms with E-state index in [2.05, 4.69) is 20.7 Å². The third-order valence-corrected chi connectivity index (χ3v) is 8.21. The Bertz CT molecular complexity index is 1130. The van der Waals surface area contributed by atoms with Crippen LogP contribution in [-0.2, 0) is 24.8 Å². The summed E-state index contributed by atoms with van der Waals surface area (Å²) in [4.78, 5) is -0.160. The molecule has 1 aliphatic heterocycles. The molecule has 1 saturated heterocycles. The molecule has 2 aromatic rings. The highest BCUT2D eigenvalue weighted by Gasteiger charge is 2.28. The number of nitrogens with one attached hydrogen (secondary N) is 1. The zero-order chi connectivity index (χ0) is 21.9. The van der Waals surface area contributed by atoms with Crippen molar-refractivity contribution in [2.24, 2.45) is 0 Å². The lowest BCUT2D eigenvalue weighted by atomic mass is 10.3. The van der Waals surface area contributed by atoms with Gasteiger partial charge < -0.3 is 14.2 Å². The second kappa shape index (κ2) is 9.10. The Balaban J connectivity index is 2.01. The van der Waals surface area contributed by atoms with Gasteiger partial charge in [0, 0.05) is 17.6 Å². The van der Waals surface area contributed by atoms with Crippen LogP contribution in [0.2, 0.25) is 0 Å². The maximum atomic E-state index is 13.0. The van der Waals surface area contributed by atoms with Crippen LogP contribution in [0.4, 0.5) is 5.69 Å². The van der Waals surface area contributed by atoms with E-state index in [0.717, 1.165) is 0 Å². The van der Waals surface area contributed by atoms with Gasteiger partial charge in [-0.2, -0.15) is 4.31 Å². The fraction of sp³-hybridized carbons (Fsp3) is 0.333. The molecular formula is C18H21BrN2O7S2. The van der Waals surface area contributed by atoms with E-state index < -0.39 is 20.0 Å². The molecule has 0 amide bonds. The summed E-state index contributed by atoms with van der Waals surface area (Å²) < 4.78 is 71.8. The molecule has 0 unspecified atom stereocenters.